The number of fused-ring (bicyclic) bond motifs is 1. The molecule has 2 nitrogen and oxygen atoms in total. The number of anilines is 2. The lowest BCUT2D eigenvalue weighted by Crippen LogP contribution is -2.10. The average molecular weight is 390 g/mol. The highest BCUT2D eigenvalue weighted by atomic mass is 32.2. The van der Waals surface area contributed by atoms with Gasteiger partial charge in [0.05, 0.1) is 11.1 Å². The van der Waals surface area contributed by atoms with Crippen LogP contribution < -0.4 is 5.32 Å². The molecule has 27 heavy (non-hydrogen) atoms. The fraction of sp³-hybridized carbons (Fsp3) is 0.286. The van der Waals surface area contributed by atoms with Crippen LogP contribution in [0.2, 0.25) is 0 Å². The van der Waals surface area contributed by atoms with Crippen LogP contribution in [0.25, 0.3) is 10.9 Å². The topological polar surface area (TPSA) is 24.9 Å². The molecular formula is C21H21F3N2S. The molecule has 0 saturated carbocycles. The number of aromatic nitrogens is 1. The van der Waals surface area contributed by atoms with Crippen molar-refractivity contribution in [3.8, 4) is 0 Å². The van der Waals surface area contributed by atoms with E-state index < -0.39 is 11.7 Å². The van der Waals surface area contributed by atoms with Crippen molar-refractivity contribution in [1.29, 1.82) is 0 Å². The first-order chi connectivity index (χ1) is 12.8. The number of alkyl halides is 3. The van der Waals surface area contributed by atoms with Crippen molar-refractivity contribution in [2.24, 2.45) is 0 Å². The third-order valence-corrected chi connectivity index (χ3v) is 5.41. The second-order valence-electron chi connectivity index (χ2n) is 6.35. The smallest absolute Gasteiger partial charge is 0.355 e. The summed E-state index contributed by atoms with van der Waals surface area (Å²) in [6, 6.07) is 12.0. The van der Waals surface area contributed by atoms with E-state index in [1.807, 2.05) is 45.0 Å². The van der Waals surface area contributed by atoms with Crippen molar-refractivity contribution in [1.82, 2.24) is 4.98 Å². The third kappa shape index (κ3) is 4.21. The van der Waals surface area contributed by atoms with Crippen LogP contribution in [0, 0.1) is 13.8 Å². The summed E-state index contributed by atoms with van der Waals surface area (Å²) < 4.78 is 40.5. The summed E-state index contributed by atoms with van der Waals surface area (Å²) in [5.74, 6) is 1.05. The summed E-state index contributed by atoms with van der Waals surface area (Å²) in [4.78, 5) is 4.58. The quantitative estimate of drug-likeness (QED) is 0.515. The summed E-state index contributed by atoms with van der Waals surface area (Å²) >= 11 is 1.47. The predicted octanol–water partition coefficient (Wildman–Crippen LogP) is 6.87. The van der Waals surface area contributed by atoms with E-state index in [0.717, 1.165) is 39.7 Å². The number of thioether (sulfide) groups is 1. The summed E-state index contributed by atoms with van der Waals surface area (Å²) in [5.41, 5.74) is 3.74. The van der Waals surface area contributed by atoms with Gasteiger partial charge in [-0.05, 0) is 61.1 Å². The summed E-state index contributed by atoms with van der Waals surface area (Å²) in [7, 11) is 0. The Labute approximate surface area is 161 Å². The van der Waals surface area contributed by atoms with Crippen LogP contribution in [0.4, 0.5) is 24.5 Å². The van der Waals surface area contributed by atoms with Crippen LogP contribution in [-0.4, -0.2) is 10.7 Å². The second kappa shape index (κ2) is 7.80. The van der Waals surface area contributed by atoms with E-state index in [-0.39, 0.29) is 5.56 Å². The van der Waals surface area contributed by atoms with Crippen LogP contribution in [0.5, 0.6) is 0 Å². The van der Waals surface area contributed by atoms with E-state index in [1.165, 1.54) is 17.8 Å². The SMILES string of the molecule is CCSCc1c(Nc2cccc3nc(C)c(C)cc23)cccc1C(F)(F)F. The van der Waals surface area contributed by atoms with Crippen LogP contribution in [-0.2, 0) is 11.9 Å². The number of nitrogens with zero attached hydrogens (tertiary/aromatic N) is 1. The maximum absolute atomic E-state index is 13.5. The fourth-order valence-corrected chi connectivity index (χ4v) is 3.69. The molecule has 2 aromatic carbocycles. The van der Waals surface area contributed by atoms with Crippen molar-refractivity contribution >= 4 is 34.0 Å². The van der Waals surface area contributed by atoms with Crippen molar-refractivity contribution in [3.63, 3.8) is 0 Å². The average Bonchev–Trinajstić information content (AvgIpc) is 2.61. The minimum atomic E-state index is -4.38. The van der Waals surface area contributed by atoms with Crippen molar-refractivity contribution in [2.45, 2.75) is 32.7 Å². The maximum Gasteiger partial charge on any atom is 0.416 e. The fourth-order valence-electron chi connectivity index (χ4n) is 2.98. The lowest BCUT2D eigenvalue weighted by molar-refractivity contribution is -0.138. The zero-order valence-corrected chi connectivity index (χ0v) is 16.3. The van der Waals surface area contributed by atoms with Crippen molar-refractivity contribution < 1.29 is 13.2 Å². The van der Waals surface area contributed by atoms with Gasteiger partial charge in [-0.1, -0.05) is 19.1 Å². The number of halogens is 3. The normalized spacial score (nSPS) is 11.8. The highest BCUT2D eigenvalue weighted by Gasteiger charge is 2.34. The number of benzene rings is 2. The molecule has 1 heterocycles. The third-order valence-electron chi connectivity index (χ3n) is 4.50. The monoisotopic (exact) mass is 390 g/mol. The van der Waals surface area contributed by atoms with E-state index in [4.69, 9.17) is 0 Å². The highest BCUT2D eigenvalue weighted by Crippen LogP contribution is 2.38. The van der Waals surface area contributed by atoms with E-state index in [1.54, 1.807) is 6.07 Å². The van der Waals surface area contributed by atoms with E-state index in [9.17, 15) is 13.2 Å². The molecule has 0 aliphatic rings. The number of pyridine rings is 1. The zero-order chi connectivity index (χ0) is 19.6. The number of hydrogen-bond donors (Lipinski definition) is 1. The maximum atomic E-state index is 13.5. The van der Waals surface area contributed by atoms with Crippen LogP contribution in [0.1, 0.15) is 29.3 Å². The molecule has 0 radical (unpaired) electrons. The molecule has 0 aliphatic carbocycles. The van der Waals surface area contributed by atoms with Gasteiger partial charge in [-0.15, -0.1) is 0 Å². The molecule has 0 amide bonds. The Morgan fingerprint density at radius 1 is 1.04 bits per heavy atom. The molecular weight excluding hydrogens is 369 g/mol. The summed E-state index contributed by atoms with van der Waals surface area (Å²) in [6.07, 6.45) is -4.38. The van der Waals surface area contributed by atoms with Gasteiger partial charge in [0.1, 0.15) is 0 Å². The van der Waals surface area contributed by atoms with Gasteiger partial charge < -0.3 is 5.32 Å². The Morgan fingerprint density at radius 2 is 1.74 bits per heavy atom. The molecule has 0 bridgehead atoms. The Bertz CT molecular complexity index is 968. The summed E-state index contributed by atoms with van der Waals surface area (Å²) in [6.45, 7) is 5.86. The van der Waals surface area contributed by atoms with E-state index in [2.05, 4.69) is 10.3 Å². The van der Waals surface area contributed by atoms with Gasteiger partial charge in [0.15, 0.2) is 0 Å². The zero-order valence-electron chi connectivity index (χ0n) is 15.4. The van der Waals surface area contributed by atoms with Crippen LogP contribution in [0.15, 0.2) is 42.5 Å². The molecule has 0 spiro atoms. The lowest BCUT2D eigenvalue weighted by atomic mass is 10.0. The first-order valence-corrected chi connectivity index (χ1v) is 9.87. The van der Waals surface area contributed by atoms with E-state index >= 15 is 0 Å². The number of hydrogen-bond acceptors (Lipinski definition) is 3. The molecule has 3 rings (SSSR count). The summed E-state index contributed by atoms with van der Waals surface area (Å²) in [5, 5.41) is 4.13. The molecule has 0 saturated heterocycles. The van der Waals surface area contributed by atoms with Crippen molar-refractivity contribution in [3.05, 3.63) is 64.8 Å². The van der Waals surface area contributed by atoms with Gasteiger partial charge >= 0.3 is 6.18 Å². The second-order valence-corrected chi connectivity index (χ2v) is 7.63. The van der Waals surface area contributed by atoms with Gasteiger partial charge in [-0.3, -0.25) is 4.98 Å². The molecule has 0 aliphatic heterocycles. The molecule has 0 atom stereocenters. The number of nitrogens with one attached hydrogen (secondary N) is 1. The van der Waals surface area contributed by atoms with Gasteiger partial charge in [-0.2, -0.15) is 24.9 Å². The molecule has 1 aromatic heterocycles. The van der Waals surface area contributed by atoms with Gasteiger partial charge in [0.2, 0.25) is 0 Å². The molecule has 3 aromatic rings. The molecule has 1 N–H and O–H groups in total. The Balaban J connectivity index is 2.10. The minimum absolute atomic E-state index is 0.283. The number of rotatable bonds is 5. The Morgan fingerprint density at radius 3 is 2.44 bits per heavy atom. The Kier molecular flexibility index (Phi) is 5.65. The lowest BCUT2D eigenvalue weighted by Gasteiger charge is -2.19. The Hall–Kier alpha value is -2.21. The van der Waals surface area contributed by atoms with Crippen molar-refractivity contribution in [2.75, 3.05) is 11.1 Å². The van der Waals surface area contributed by atoms with Gasteiger partial charge in [-0.25, -0.2) is 0 Å². The first kappa shape index (κ1) is 19.5. The standard InChI is InChI=1S/C21H21F3N2S/c1-4-27-12-16-17(21(22,23)24)7-5-8-20(16)26-19-10-6-9-18-15(19)11-13(2)14(3)25-18/h5-11,26H,4,12H2,1-3H3. The highest BCUT2D eigenvalue weighted by molar-refractivity contribution is 7.98. The van der Waals surface area contributed by atoms with Gasteiger partial charge in [0.25, 0.3) is 0 Å². The van der Waals surface area contributed by atoms with E-state index in [0.29, 0.717) is 11.4 Å². The molecule has 0 unspecified atom stereocenters. The molecule has 142 valence electrons. The minimum Gasteiger partial charge on any atom is -0.355 e. The largest absolute Gasteiger partial charge is 0.416 e. The first-order valence-electron chi connectivity index (χ1n) is 8.72. The predicted molar refractivity (Wildman–Crippen MR) is 108 cm³/mol. The molecule has 6 heteroatoms. The van der Waals surface area contributed by atoms with Crippen LogP contribution in [0.3, 0.4) is 0 Å². The van der Waals surface area contributed by atoms with Gasteiger partial charge in [0, 0.05) is 28.2 Å². The number of aryl methyl sites for hydroxylation is 2. The molecule has 0 fully saturated rings. The van der Waals surface area contributed by atoms with Crippen LogP contribution >= 0.6 is 11.8 Å².